The zero-order valence-electron chi connectivity index (χ0n) is 6.02. The van der Waals surface area contributed by atoms with E-state index >= 15 is 0 Å². The lowest BCUT2D eigenvalue weighted by Crippen LogP contribution is -1.79. The van der Waals surface area contributed by atoms with Crippen molar-refractivity contribution in [1.82, 2.24) is 20.4 Å². The van der Waals surface area contributed by atoms with Crippen LogP contribution in [0.2, 0.25) is 0 Å². The van der Waals surface area contributed by atoms with Gasteiger partial charge < -0.3 is 0 Å². The highest BCUT2D eigenvalue weighted by atomic mass is 15.4. The molecule has 11 heavy (non-hydrogen) atoms. The molecule has 0 spiro atoms. The Morgan fingerprint density at radius 3 is 3.00 bits per heavy atom. The lowest BCUT2D eigenvalue weighted by Gasteiger charge is -1.81. The number of fused-ring (bicyclic) bond motifs is 1. The van der Waals surface area contributed by atoms with Gasteiger partial charge in [-0.05, 0) is 24.3 Å². The van der Waals surface area contributed by atoms with Gasteiger partial charge >= 0.3 is 0 Å². The van der Waals surface area contributed by atoms with Crippen LogP contribution in [0.4, 0.5) is 0 Å². The van der Waals surface area contributed by atoms with Crippen molar-refractivity contribution >= 4 is 0 Å². The molecule has 2 aliphatic heterocycles. The van der Waals surface area contributed by atoms with Crippen molar-refractivity contribution in [3.8, 4) is 11.5 Å². The number of nitrogens with zero attached hydrogens (tertiary/aromatic N) is 4. The summed E-state index contributed by atoms with van der Waals surface area (Å²) < 4.78 is 0. The molecule has 0 saturated heterocycles. The second-order valence-electron chi connectivity index (χ2n) is 2.28. The predicted octanol–water partition coefficient (Wildman–Crippen LogP) is 0.680. The Bertz CT molecular complexity index is 346. The predicted molar refractivity (Wildman–Crippen MR) is 39.0 cm³/mol. The summed E-state index contributed by atoms with van der Waals surface area (Å²) in [5.41, 5.74) is 1.65. The van der Waals surface area contributed by atoms with Crippen molar-refractivity contribution in [2.24, 2.45) is 0 Å². The summed E-state index contributed by atoms with van der Waals surface area (Å²) in [6.45, 7) is 1.91. The fourth-order valence-electron chi connectivity index (χ4n) is 0.879. The molecule has 0 aromatic carbocycles. The molecule has 0 aromatic heterocycles. The average Bonchev–Trinajstić information content (AvgIpc) is 2.31. The molecule has 2 heterocycles. The molecular formula is C7H6N4. The number of hydrogen-bond acceptors (Lipinski definition) is 4. The molecule has 0 aliphatic carbocycles. The highest BCUT2D eigenvalue weighted by Crippen LogP contribution is 2.09. The van der Waals surface area contributed by atoms with Crippen LogP contribution < -0.4 is 0 Å². The first kappa shape index (κ1) is 6.15. The van der Waals surface area contributed by atoms with Gasteiger partial charge in [0, 0.05) is 5.69 Å². The average molecular weight is 146 g/mol. The normalized spacial score (nSPS) is 10.3. The Morgan fingerprint density at radius 2 is 2.09 bits per heavy atom. The molecule has 0 N–H and O–H groups in total. The highest BCUT2D eigenvalue weighted by molar-refractivity contribution is 5.47. The van der Waals surface area contributed by atoms with Crippen LogP contribution in [0.25, 0.3) is 11.5 Å². The largest absolute Gasteiger partial charge is 0.230 e. The van der Waals surface area contributed by atoms with E-state index in [1.54, 1.807) is 0 Å². The van der Waals surface area contributed by atoms with Crippen LogP contribution >= 0.6 is 0 Å². The lowest BCUT2D eigenvalue weighted by atomic mass is 10.4. The van der Waals surface area contributed by atoms with Gasteiger partial charge in [0.2, 0.25) is 5.82 Å². The van der Waals surface area contributed by atoms with Crippen LogP contribution in [0.1, 0.15) is 5.69 Å². The van der Waals surface area contributed by atoms with Gasteiger partial charge in [0.25, 0.3) is 0 Å². The van der Waals surface area contributed by atoms with Crippen LogP contribution in [-0.2, 0) is 0 Å². The van der Waals surface area contributed by atoms with Crippen molar-refractivity contribution in [1.29, 1.82) is 0 Å². The molecule has 4 heteroatoms. The number of aromatic nitrogens is 4. The van der Waals surface area contributed by atoms with Crippen molar-refractivity contribution in [3.63, 3.8) is 0 Å². The summed E-state index contributed by atoms with van der Waals surface area (Å²) in [6.07, 6.45) is 0. The summed E-state index contributed by atoms with van der Waals surface area (Å²) >= 11 is 0. The van der Waals surface area contributed by atoms with Gasteiger partial charge in [-0.2, -0.15) is 0 Å². The topological polar surface area (TPSA) is 51.6 Å². The van der Waals surface area contributed by atoms with Crippen LogP contribution in [0, 0.1) is 6.92 Å². The van der Waals surface area contributed by atoms with E-state index in [4.69, 9.17) is 0 Å². The van der Waals surface area contributed by atoms with Gasteiger partial charge in [0.1, 0.15) is 5.69 Å². The van der Waals surface area contributed by atoms with Gasteiger partial charge in [0.05, 0.1) is 0 Å². The van der Waals surface area contributed by atoms with Gasteiger partial charge in [-0.3, -0.25) is 0 Å². The van der Waals surface area contributed by atoms with E-state index in [9.17, 15) is 0 Å². The number of aryl methyl sites for hydroxylation is 1. The third-order valence-electron chi connectivity index (χ3n) is 1.39. The number of hydrogen-bond donors (Lipinski definition) is 0. The van der Waals surface area contributed by atoms with Crippen molar-refractivity contribution in [2.45, 2.75) is 6.92 Å². The molecule has 0 fully saturated rings. The van der Waals surface area contributed by atoms with Crippen molar-refractivity contribution < 1.29 is 0 Å². The molecule has 2 rings (SSSR count). The minimum Gasteiger partial charge on any atom is -0.230 e. The maximum absolute atomic E-state index is 4.16. The fourth-order valence-corrected chi connectivity index (χ4v) is 0.879. The zero-order valence-corrected chi connectivity index (χ0v) is 6.02. The summed E-state index contributed by atoms with van der Waals surface area (Å²) in [7, 11) is 0. The molecule has 0 aromatic rings. The summed E-state index contributed by atoms with van der Waals surface area (Å²) in [5, 5.41) is 11.0. The molecule has 54 valence electrons. The number of rotatable bonds is 0. The quantitative estimate of drug-likeness (QED) is 0.548. The third-order valence-corrected chi connectivity index (χ3v) is 1.39. The Morgan fingerprint density at radius 1 is 1.18 bits per heavy atom. The van der Waals surface area contributed by atoms with E-state index in [0.717, 1.165) is 11.4 Å². The van der Waals surface area contributed by atoms with Gasteiger partial charge in [0.15, 0.2) is 0 Å². The first-order valence-electron chi connectivity index (χ1n) is 3.29. The van der Waals surface area contributed by atoms with E-state index in [0.29, 0.717) is 5.82 Å². The van der Waals surface area contributed by atoms with Gasteiger partial charge in [-0.15, -0.1) is 10.2 Å². The maximum atomic E-state index is 4.16. The highest BCUT2D eigenvalue weighted by Gasteiger charge is 2.04. The monoisotopic (exact) mass is 146 g/mol. The molecule has 0 unspecified atom stereocenters. The Balaban J connectivity index is 2.73. The third kappa shape index (κ3) is 1.02. The molecule has 0 radical (unpaired) electrons. The van der Waals surface area contributed by atoms with Crippen molar-refractivity contribution in [3.05, 3.63) is 23.9 Å². The van der Waals surface area contributed by atoms with Gasteiger partial charge in [-0.25, -0.2) is 4.98 Å². The molecule has 0 bridgehead atoms. The maximum Gasteiger partial charge on any atom is 0.204 e. The second kappa shape index (κ2) is 2.23. The molecule has 0 amide bonds. The molecule has 2 aliphatic rings. The van der Waals surface area contributed by atoms with Crippen LogP contribution in [0.3, 0.4) is 0 Å². The van der Waals surface area contributed by atoms with Gasteiger partial charge in [-0.1, -0.05) is 6.07 Å². The molecule has 0 atom stereocenters. The summed E-state index contributed by atoms with van der Waals surface area (Å²) in [5.74, 6) is 0.604. The van der Waals surface area contributed by atoms with Crippen LogP contribution in [0.15, 0.2) is 18.2 Å². The first-order chi connectivity index (χ1) is 5.36. The minimum absolute atomic E-state index is 0.604. The molecule has 0 saturated carbocycles. The van der Waals surface area contributed by atoms with E-state index in [1.165, 1.54) is 0 Å². The standard InChI is InChI=1S/C7H6N4/c1-5-3-2-4-6-7(8-5)10-11-9-6/h2-4H,1H3. The van der Waals surface area contributed by atoms with E-state index in [2.05, 4.69) is 20.4 Å². The lowest BCUT2D eigenvalue weighted by molar-refractivity contribution is 0.943. The molecule has 4 nitrogen and oxygen atoms in total. The van der Waals surface area contributed by atoms with Crippen LogP contribution in [0.5, 0.6) is 0 Å². The second-order valence-corrected chi connectivity index (χ2v) is 2.28. The first-order valence-corrected chi connectivity index (χ1v) is 3.29. The Labute approximate surface area is 63.6 Å². The smallest absolute Gasteiger partial charge is 0.204 e. The van der Waals surface area contributed by atoms with E-state index in [1.807, 2.05) is 25.1 Å². The Hall–Kier alpha value is -1.58. The minimum atomic E-state index is 0.604. The van der Waals surface area contributed by atoms with Crippen LogP contribution in [-0.4, -0.2) is 20.4 Å². The van der Waals surface area contributed by atoms with E-state index < -0.39 is 0 Å². The fraction of sp³-hybridized carbons (Fsp3) is 0.143. The Kier molecular flexibility index (Phi) is 1.25. The zero-order chi connectivity index (χ0) is 7.68. The molecular weight excluding hydrogens is 140 g/mol. The summed E-state index contributed by atoms with van der Waals surface area (Å²) in [4.78, 5) is 4.16. The van der Waals surface area contributed by atoms with E-state index in [-0.39, 0.29) is 0 Å². The SMILES string of the molecule is Cc1cccc2nnnc-2n1. The summed E-state index contributed by atoms with van der Waals surface area (Å²) in [6, 6.07) is 5.64. The van der Waals surface area contributed by atoms with Crippen molar-refractivity contribution in [2.75, 3.05) is 0 Å².